The smallest absolute Gasteiger partial charge is 0.167 e. The summed E-state index contributed by atoms with van der Waals surface area (Å²) in [5.74, 6) is 2.49. The molecule has 1 spiro atoms. The van der Waals surface area contributed by atoms with Crippen LogP contribution < -0.4 is 0 Å². The summed E-state index contributed by atoms with van der Waals surface area (Å²) in [5, 5.41) is 0. The van der Waals surface area contributed by atoms with Crippen LogP contribution in [0.2, 0.25) is 0 Å². The van der Waals surface area contributed by atoms with E-state index in [-0.39, 0.29) is 17.3 Å². The molecule has 3 nitrogen and oxygen atoms in total. The van der Waals surface area contributed by atoms with Gasteiger partial charge in [0.15, 0.2) is 5.78 Å². The summed E-state index contributed by atoms with van der Waals surface area (Å²) in [5.41, 5.74) is 0.671. The second kappa shape index (κ2) is 5.54. The second-order valence-electron chi connectivity index (χ2n) is 5.28. The lowest BCUT2D eigenvalue weighted by Crippen LogP contribution is -2.42. The number of pyridine rings is 1. The number of thioether (sulfide) groups is 1. The summed E-state index contributed by atoms with van der Waals surface area (Å²) in [7, 11) is 0. The van der Waals surface area contributed by atoms with Gasteiger partial charge in [0.2, 0.25) is 0 Å². The number of ether oxygens (including phenoxy) is 1. The van der Waals surface area contributed by atoms with Crippen molar-refractivity contribution in [2.24, 2.45) is 5.92 Å². The average Bonchev–Trinajstić information content (AvgIpc) is 2.86. The minimum Gasteiger partial charge on any atom is -0.374 e. The SMILES string of the molecule is O=C(c1cncc(Br)c1)C1CCOC2(CCSC2)C1. The van der Waals surface area contributed by atoms with Crippen LogP contribution in [0.25, 0.3) is 0 Å². The minimum absolute atomic E-state index is 0.0390. The Labute approximate surface area is 125 Å². The molecular formula is C14H16BrNO2S. The van der Waals surface area contributed by atoms with Gasteiger partial charge in [-0.05, 0) is 47.0 Å². The molecule has 2 saturated heterocycles. The van der Waals surface area contributed by atoms with Gasteiger partial charge >= 0.3 is 0 Å². The zero-order chi connectivity index (χ0) is 13.3. The maximum absolute atomic E-state index is 12.6. The number of ketones is 1. The van der Waals surface area contributed by atoms with Crippen molar-refractivity contribution in [1.82, 2.24) is 4.98 Å². The number of rotatable bonds is 2. The van der Waals surface area contributed by atoms with Crippen LogP contribution in [-0.4, -0.2) is 34.5 Å². The van der Waals surface area contributed by atoms with Crippen LogP contribution in [0.5, 0.6) is 0 Å². The van der Waals surface area contributed by atoms with Crippen molar-refractivity contribution in [1.29, 1.82) is 0 Å². The fourth-order valence-corrected chi connectivity index (χ4v) is 4.64. The fourth-order valence-electron chi connectivity index (χ4n) is 2.90. The molecule has 2 aliphatic rings. The Hall–Kier alpha value is -0.390. The van der Waals surface area contributed by atoms with Gasteiger partial charge in [-0.25, -0.2) is 0 Å². The van der Waals surface area contributed by atoms with Gasteiger partial charge in [0.05, 0.1) is 5.60 Å². The molecule has 2 aliphatic heterocycles. The lowest BCUT2D eigenvalue weighted by molar-refractivity contribution is -0.0734. The molecule has 0 bridgehead atoms. The van der Waals surface area contributed by atoms with E-state index in [1.807, 2.05) is 17.8 Å². The molecule has 102 valence electrons. The highest BCUT2D eigenvalue weighted by atomic mass is 79.9. The third kappa shape index (κ3) is 2.88. The van der Waals surface area contributed by atoms with E-state index in [4.69, 9.17) is 4.74 Å². The van der Waals surface area contributed by atoms with Gasteiger partial charge in [-0.2, -0.15) is 11.8 Å². The lowest BCUT2D eigenvalue weighted by Gasteiger charge is -2.37. The van der Waals surface area contributed by atoms with Gasteiger partial charge in [0.25, 0.3) is 0 Å². The molecule has 2 unspecified atom stereocenters. The molecule has 0 amide bonds. The molecule has 3 heterocycles. The van der Waals surface area contributed by atoms with E-state index in [1.165, 1.54) is 0 Å². The van der Waals surface area contributed by atoms with Crippen LogP contribution in [0.15, 0.2) is 22.9 Å². The van der Waals surface area contributed by atoms with Crippen LogP contribution in [0, 0.1) is 5.92 Å². The molecule has 0 aliphatic carbocycles. The maximum Gasteiger partial charge on any atom is 0.167 e. The molecule has 0 aromatic carbocycles. The fraction of sp³-hybridized carbons (Fsp3) is 0.571. The Kier molecular flexibility index (Phi) is 3.96. The van der Waals surface area contributed by atoms with Gasteiger partial charge in [-0.1, -0.05) is 0 Å². The molecular weight excluding hydrogens is 326 g/mol. The highest BCUT2D eigenvalue weighted by molar-refractivity contribution is 9.10. The summed E-state index contributed by atoms with van der Waals surface area (Å²) in [6.45, 7) is 0.707. The van der Waals surface area contributed by atoms with E-state index < -0.39 is 0 Å². The van der Waals surface area contributed by atoms with E-state index in [2.05, 4.69) is 20.9 Å². The van der Waals surface area contributed by atoms with Crippen molar-refractivity contribution in [3.05, 3.63) is 28.5 Å². The number of carbonyl (C=O) groups excluding carboxylic acids is 1. The van der Waals surface area contributed by atoms with Crippen LogP contribution in [-0.2, 0) is 4.74 Å². The molecule has 2 fully saturated rings. The Balaban J connectivity index is 1.76. The molecule has 0 radical (unpaired) electrons. The van der Waals surface area contributed by atoms with Crippen LogP contribution >= 0.6 is 27.7 Å². The van der Waals surface area contributed by atoms with E-state index >= 15 is 0 Å². The summed E-state index contributed by atoms with van der Waals surface area (Å²) >= 11 is 5.31. The molecule has 1 aromatic heterocycles. The predicted molar refractivity (Wildman–Crippen MR) is 79.6 cm³/mol. The molecule has 19 heavy (non-hydrogen) atoms. The van der Waals surface area contributed by atoms with Gasteiger partial charge in [-0.15, -0.1) is 0 Å². The van der Waals surface area contributed by atoms with Crippen molar-refractivity contribution in [2.75, 3.05) is 18.1 Å². The number of aromatic nitrogens is 1. The Morgan fingerprint density at radius 3 is 3.16 bits per heavy atom. The minimum atomic E-state index is -0.0390. The molecule has 0 saturated carbocycles. The maximum atomic E-state index is 12.6. The number of halogens is 1. The Morgan fingerprint density at radius 2 is 2.42 bits per heavy atom. The molecule has 1 aromatic rings. The number of hydrogen-bond acceptors (Lipinski definition) is 4. The van der Waals surface area contributed by atoms with Crippen LogP contribution in [0.1, 0.15) is 29.6 Å². The van der Waals surface area contributed by atoms with Crippen molar-refractivity contribution in [2.45, 2.75) is 24.9 Å². The third-order valence-corrected chi connectivity index (χ3v) is 5.58. The van der Waals surface area contributed by atoms with E-state index in [0.29, 0.717) is 12.2 Å². The topological polar surface area (TPSA) is 39.2 Å². The summed E-state index contributed by atoms with van der Waals surface area (Å²) in [6, 6.07) is 1.86. The summed E-state index contributed by atoms with van der Waals surface area (Å²) in [6.07, 6.45) is 6.15. The van der Waals surface area contributed by atoms with Crippen LogP contribution in [0.4, 0.5) is 0 Å². The van der Waals surface area contributed by atoms with Crippen molar-refractivity contribution in [3.63, 3.8) is 0 Å². The number of hydrogen-bond donors (Lipinski definition) is 0. The number of carbonyl (C=O) groups is 1. The standard InChI is InChI=1S/C14H16BrNO2S/c15-12-5-11(7-16-8-12)13(17)10-1-3-18-14(6-10)2-4-19-9-14/h5,7-8,10H,1-4,6,9H2. The van der Waals surface area contributed by atoms with Crippen molar-refractivity contribution in [3.8, 4) is 0 Å². The van der Waals surface area contributed by atoms with Gasteiger partial charge in [0, 0.05) is 40.7 Å². The zero-order valence-electron chi connectivity index (χ0n) is 10.6. The van der Waals surface area contributed by atoms with E-state index in [1.54, 1.807) is 12.4 Å². The normalized spacial score (nSPS) is 30.7. The van der Waals surface area contributed by atoms with Gasteiger partial charge < -0.3 is 4.74 Å². The second-order valence-corrected chi connectivity index (χ2v) is 7.30. The monoisotopic (exact) mass is 341 g/mol. The Morgan fingerprint density at radius 1 is 1.53 bits per heavy atom. The summed E-state index contributed by atoms with van der Waals surface area (Å²) < 4.78 is 6.83. The van der Waals surface area contributed by atoms with Gasteiger partial charge in [-0.3, -0.25) is 9.78 Å². The zero-order valence-corrected chi connectivity index (χ0v) is 13.0. The van der Waals surface area contributed by atoms with Crippen LogP contribution in [0.3, 0.4) is 0 Å². The highest BCUT2D eigenvalue weighted by Crippen LogP contribution is 2.41. The molecule has 2 atom stereocenters. The highest BCUT2D eigenvalue weighted by Gasteiger charge is 2.42. The van der Waals surface area contributed by atoms with E-state index in [9.17, 15) is 4.79 Å². The first-order valence-corrected chi connectivity index (χ1v) is 8.50. The van der Waals surface area contributed by atoms with Gasteiger partial charge in [0.1, 0.15) is 0 Å². The van der Waals surface area contributed by atoms with Crippen molar-refractivity contribution >= 4 is 33.5 Å². The lowest BCUT2D eigenvalue weighted by atomic mass is 9.81. The summed E-state index contributed by atoms with van der Waals surface area (Å²) in [4.78, 5) is 16.7. The number of nitrogens with zero attached hydrogens (tertiary/aromatic N) is 1. The Bertz CT molecular complexity index is 488. The van der Waals surface area contributed by atoms with E-state index in [0.717, 1.165) is 35.2 Å². The third-order valence-electron chi connectivity index (χ3n) is 3.92. The first kappa shape index (κ1) is 13.6. The quantitative estimate of drug-likeness (QED) is 0.773. The van der Waals surface area contributed by atoms with Crippen molar-refractivity contribution < 1.29 is 9.53 Å². The average molecular weight is 342 g/mol. The number of Topliss-reactive ketones (excluding diaryl/α,β-unsaturated/α-hetero) is 1. The molecule has 3 rings (SSSR count). The molecule has 5 heteroatoms. The first-order valence-electron chi connectivity index (χ1n) is 6.55. The first-order chi connectivity index (χ1) is 9.19. The largest absolute Gasteiger partial charge is 0.374 e. The predicted octanol–water partition coefficient (Wildman–Crippen LogP) is 3.33. The molecule has 0 N–H and O–H groups in total.